The van der Waals surface area contributed by atoms with Crippen molar-refractivity contribution in [2.45, 2.75) is 25.7 Å². The Balaban J connectivity index is 1.68. The number of halogens is 2. The molecule has 0 aliphatic heterocycles. The number of hydrogen-bond acceptors (Lipinski definition) is 1. The lowest BCUT2D eigenvalue weighted by Gasteiger charge is -2.07. The lowest BCUT2D eigenvalue weighted by atomic mass is 10.0. The van der Waals surface area contributed by atoms with E-state index < -0.39 is 0 Å². The number of nitrogens with one attached hydrogen (secondary N) is 1. The van der Waals surface area contributed by atoms with Crippen LogP contribution in [0.15, 0.2) is 22.7 Å². The third-order valence-corrected chi connectivity index (χ3v) is 5.04. The molecule has 2 unspecified atom stereocenters. The van der Waals surface area contributed by atoms with Crippen LogP contribution in [0, 0.1) is 17.8 Å². The number of carbonyl (C=O) groups is 1. The zero-order valence-electron chi connectivity index (χ0n) is 9.96. The van der Waals surface area contributed by atoms with Crippen LogP contribution in [0.5, 0.6) is 0 Å². The molecule has 1 amide bonds. The van der Waals surface area contributed by atoms with Crippen LogP contribution in [0.2, 0.25) is 5.02 Å². The SMILES string of the molecule is O=C(Nc1ccc(Cl)cc1Br)C1C2CCCCC21. The minimum Gasteiger partial charge on any atom is -0.325 e. The molecular formula is C14H15BrClNO. The Morgan fingerprint density at radius 1 is 1.28 bits per heavy atom. The second kappa shape index (κ2) is 4.86. The first-order chi connectivity index (χ1) is 8.66. The van der Waals surface area contributed by atoms with E-state index in [0.29, 0.717) is 16.9 Å². The average Bonchev–Trinajstić information content (AvgIpc) is 3.07. The smallest absolute Gasteiger partial charge is 0.228 e. The summed E-state index contributed by atoms with van der Waals surface area (Å²) in [5.74, 6) is 1.71. The van der Waals surface area contributed by atoms with E-state index in [2.05, 4.69) is 21.2 Å². The van der Waals surface area contributed by atoms with E-state index >= 15 is 0 Å². The zero-order valence-corrected chi connectivity index (χ0v) is 12.3. The average molecular weight is 329 g/mol. The van der Waals surface area contributed by atoms with Gasteiger partial charge in [0.15, 0.2) is 0 Å². The summed E-state index contributed by atoms with van der Waals surface area (Å²) in [6.45, 7) is 0. The Kier molecular flexibility index (Phi) is 3.37. The monoisotopic (exact) mass is 327 g/mol. The Morgan fingerprint density at radius 3 is 2.56 bits per heavy atom. The summed E-state index contributed by atoms with van der Waals surface area (Å²) in [5, 5.41) is 3.68. The first-order valence-corrected chi connectivity index (χ1v) is 7.60. The zero-order chi connectivity index (χ0) is 12.7. The predicted molar refractivity (Wildman–Crippen MR) is 76.7 cm³/mol. The van der Waals surface area contributed by atoms with Crippen molar-refractivity contribution in [1.82, 2.24) is 0 Å². The fourth-order valence-corrected chi connectivity index (χ4v) is 3.97. The molecule has 4 heteroatoms. The van der Waals surface area contributed by atoms with E-state index in [-0.39, 0.29) is 11.8 Å². The second-order valence-electron chi connectivity index (χ2n) is 5.25. The lowest BCUT2D eigenvalue weighted by molar-refractivity contribution is -0.117. The molecule has 3 rings (SSSR count). The number of carbonyl (C=O) groups excluding carboxylic acids is 1. The Labute approximate surface area is 120 Å². The highest BCUT2D eigenvalue weighted by molar-refractivity contribution is 9.10. The van der Waals surface area contributed by atoms with Gasteiger partial charge in [-0.15, -0.1) is 0 Å². The highest BCUT2D eigenvalue weighted by Gasteiger charge is 2.54. The third-order valence-electron chi connectivity index (χ3n) is 4.15. The van der Waals surface area contributed by atoms with Crippen molar-refractivity contribution < 1.29 is 4.79 Å². The number of amides is 1. The van der Waals surface area contributed by atoms with Gasteiger partial charge in [-0.3, -0.25) is 4.79 Å². The highest BCUT2D eigenvalue weighted by atomic mass is 79.9. The summed E-state index contributed by atoms with van der Waals surface area (Å²) < 4.78 is 0.840. The van der Waals surface area contributed by atoms with Gasteiger partial charge in [0.1, 0.15) is 0 Å². The first-order valence-electron chi connectivity index (χ1n) is 6.43. The van der Waals surface area contributed by atoms with Gasteiger partial charge in [0.2, 0.25) is 5.91 Å². The van der Waals surface area contributed by atoms with E-state index in [1.54, 1.807) is 12.1 Å². The number of hydrogen-bond donors (Lipinski definition) is 1. The Morgan fingerprint density at radius 2 is 1.94 bits per heavy atom. The molecule has 0 spiro atoms. The van der Waals surface area contributed by atoms with Gasteiger partial charge in [-0.25, -0.2) is 0 Å². The van der Waals surface area contributed by atoms with Crippen molar-refractivity contribution in [2.24, 2.45) is 17.8 Å². The molecule has 1 aromatic carbocycles. The van der Waals surface area contributed by atoms with Crippen molar-refractivity contribution in [3.8, 4) is 0 Å². The van der Waals surface area contributed by atoms with Crippen LogP contribution in [0.25, 0.3) is 0 Å². The molecular weight excluding hydrogens is 314 g/mol. The molecule has 0 bridgehead atoms. The fourth-order valence-electron chi connectivity index (χ4n) is 3.19. The Hall–Kier alpha value is -0.540. The molecule has 0 aromatic heterocycles. The maximum Gasteiger partial charge on any atom is 0.228 e. The minimum atomic E-state index is 0.176. The molecule has 2 aliphatic rings. The van der Waals surface area contributed by atoms with Crippen molar-refractivity contribution >= 4 is 39.1 Å². The van der Waals surface area contributed by atoms with E-state index in [1.807, 2.05) is 6.07 Å². The standard InChI is InChI=1S/C14H15BrClNO/c15-11-7-8(16)5-6-12(11)17-14(18)13-9-3-1-2-4-10(9)13/h5-7,9-10,13H,1-4H2,(H,17,18). The van der Waals surface area contributed by atoms with Crippen LogP contribution < -0.4 is 5.32 Å². The fraction of sp³-hybridized carbons (Fsp3) is 0.500. The summed E-state index contributed by atoms with van der Waals surface area (Å²) >= 11 is 9.31. The van der Waals surface area contributed by atoms with Crippen molar-refractivity contribution in [3.05, 3.63) is 27.7 Å². The highest BCUT2D eigenvalue weighted by Crippen LogP contribution is 2.55. The van der Waals surface area contributed by atoms with Crippen LogP contribution in [-0.4, -0.2) is 5.91 Å². The van der Waals surface area contributed by atoms with E-state index in [9.17, 15) is 4.79 Å². The molecule has 1 aromatic rings. The topological polar surface area (TPSA) is 29.1 Å². The van der Waals surface area contributed by atoms with E-state index in [1.165, 1.54) is 25.7 Å². The molecule has 0 saturated heterocycles. The first kappa shape index (κ1) is 12.5. The largest absolute Gasteiger partial charge is 0.325 e. The molecule has 2 atom stereocenters. The van der Waals surface area contributed by atoms with Gasteiger partial charge in [-0.1, -0.05) is 24.4 Å². The normalized spacial score (nSPS) is 29.6. The summed E-state index contributed by atoms with van der Waals surface area (Å²) in [6, 6.07) is 5.44. The van der Waals surface area contributed by atoms with Gasteiger partial charge in [-0.2, -0.15) is 0 Å². The molecule has 2 fully saturated rings. The van der Waals surface area contributed by atoms with Gasteiger partial charge in [0.25, 0.3) is 0 Å². The summed E-state index contributed by atoms with van der Waals surface area (Å²) in [4.78, 5) is 12.2. The van der Waals surface area contributed by atoms with Crippen LogP contribution in [0.4, 0.5) is 5.69 Å². The van der Waals surface area contributed by atoms with Gasteiger partial charge < -0.3 is 5.32 Å². The molecule has 0 radical (unpaired) electrons. The number of rotatable bonds is 2. The predicted octanol–water partition coefficient (Wildman–Crippen LogP) is 4.48. The van der Waals surface area contributed by atoms with Gasteiger partial charge in [-0.05, 0) is 58.8 Å². The van der Waals surface area contributed by atoms with Gasteiger partial charge in [0, 0.05) is 15.4 Å². The van der Waals surface area contributed by atoms with Crippen molar-refractivity contribution in [2.75, 3.05) is 5.32 Å². The van der Waals surface area contributed by atoms with Gasteiger partial charge >= 0.3 is 0 Å². The van der Waals surface area contributed by atoms with E-state index in [0.717, 1.165) is 10.2 Å². The number of benzene rings is 1. The minimum absolute atomic E-state index is 0.176. The van der Waals surface area contributed by atoms with Crippen molar-refractivity contribution in [1.29, 1.82) is 0 Å². The maximum atomic E-state index is 12.2. The molecule has 1 N–H and O–H groups in total. The molecule has 2 nitrogen and oxygen atoms in total. The second-order valence-corrected chi connectivity index (χ2v) is 6.54. The van der Waals surface area contributed by atoms with Crippen LogP contribution in [0.3, 0.4) is 0 Å². The summed E-state index contributed by atoms with van der Waals surface area (Å²) in [5.41, 5.74) is 0.813. The van der Waals surface area contributed by atoms with Crippen LogP contribution >= 0.6 is 27.5 Å². The lowest BCUT2D eigenvalue weighted by Crippen LogP contribution is -2.15. The third kappa shape index (κ3) is 2.30. The van der Waals surface area contributed by atoms with Crippen molar-refractivity contribution in [3.63, 3.8) is 0 Å². The van der Waals surface area contributed by atoms with Crippen LogP contribution in [-0.2, 0) is 4.79 Å². The summed E-state index contributed by atoms with van der Waals surface area (Å²) in [6.07, 6.45) is 5.03. The molecule has 2 saturated carbocycles. The van der Waals surface area contributed by atoms with Crippen LogP contribution in [0.1, 0.15) is 25.7 Å². The Bertz CT molecular complexity index is 479. The quantitative estimate of drug-likeness (QED) is 0.852. The van der Waals surface area contributed by atoms with Gasteiger partial charge in [0.05, 0.1) is 5.69 Å². The maximum absolute atomic E-state index is 12.2. The number of anilines is 1. The van der Waals surface area contributed by atoms with E-state index in [4.69, 9.17) is 11.6 Å². The number of fused-ring (bicyclic) bond motifs is 1. The molecule has 0 heterocycles. The summed E-state index contributed by atoms with van der Waals surface area (Å²) in [7, 11) is 0. The molecule has 18 heavy (non-hydrogen) atoms. The molecule has 96 valence electrons. The molecule has 2 aliphatic carbocycles.